The second-order valence-corrected chi connectivity index (χ2v) is 8.01. The molecule has 0 bridgehead atoms. The Morgan fingerprint density at radius 3 is 2.31 bits per heavy atom. The first-order chi connectivity index (χ1) is 16.7. The summed E-state index contributed by atoms with van der Waals surface area (Å²) in [6, 6.07) is 8.01. The Morgan fingerprint density at radius 1 is 1.06 bits per heavy atom. The zero-order valence-corrected chi connectivity index (χ0v) is 18.5. The van der Waals surface area contributed by atoms with Crippen LogP contribution in [0.15, 0.2) is 36.4 Å². The minimum Gasteiger partial charge on any atom is -0.488 e. The molecule has 2 heterocycles. The molecule has 4 rings (SSSR count). The van der Waals surface area contributed by atoms with Gasteiger partial charge in [-0.3, -0.25) is 15.5 Å². The van der Waals surface area contributed by atoms with Gasteiger partial charge in [0.25, 0.3) is 0 Å². The molecule has 3 atom stereocenters. The van der Waals surface area contributed by atoms with Crippen LogP contribution in [-0.2, 0) is 9.47 Å². The number of hydrogen-bond donors (Lipinski definition) is 4. The maximum atomic E-state index is 14.5. The van der Waals surface area contributed by atoms with Gasteiger partial charge in [-0.2, -0.15) is 0 Å². The second kappa shape index (κ2) is 10.3. The highest BCUT2D eigenvalue weighted by molar-refractivity contribution is 5.90. The van der Waals surface area contributed by atoms with Crippen molar-refractivity contribution in [1.29, 1.82) is 0 Å². The quantitative estimate of drug-likeness (QED) is 0.405. The first-order valence-electron chi connectivity index (χ1n) is 10.8. The molecule has 2 aromatic carbocycles. The molecule has 0 spiro atoms. The van der Waals surface area contributed by atoms with Crippen LogP contribution in [0.3, 0.4) is 0 Å². The average molecular weight is 493 g/mol. The lowest BCUT2D eigenvalue weighted by atomic mass is 10.2. The fraction of sp³-hybridized carbons (Fsp3) is 0.364. The minimum atomic E-state index is -1.10. The molecule has 0 saturated carbocycles. The van der Waals surface area contributed by atoms with Crippen LogP contribution >= 0.6 is 0 Å². The predicted octanol–water partition coefficient (Wildman–Crippen LogP) is 1.34. The first-order valence-corrected chi connectivity index (χ1v) is 10.8. The van der Waals surface area contributed by atoms with E-state index >= 15 is 0 Å². The van der Waals surface area contributed by atoms with Crippen LogP contribution in [0.1, 0.15) is 0 Å². The monoisotopic (exact) mass is 493 g/mol. The molecule has 6 N–H and O–H groups in total. The summed E-state index contributed by atoms with van der Waals surface area (Å²) in [5.41, 5.74) is 11.7. The van der Waals surface area contributed by atoms with E-state index in [0.29, 0.717) is 5.69 Å². The summed E-state index contributed by atoms with van der Waals surface area (Å²) in [5.74, 6) is -1.50. The molecule has 2 aliphatic rings. The lowest BCUT2D eigenvalue weighted by Crippen LogP contribution is -2.28. The topological polar surface area (TPSA) is 153 Å². The number of carbonyl (C=O) groups excluding carboxylic acids is 2. The molecule has 0 aromatic heterocycles. The van der Waals surface area contributed by atoms with Crippen molar-refractivity contribution >= 4 is 29.2 Å². The molecule has 0 aliphatic carbocycles. The van der Waals surface area contributed by atoms with Gasteiger partial charge >= 0.3 is 12.2 Å². The van der Waals surface area contributed by atoms with Gasteiger partial charge in [0.15, 0.2) is 17.8 Å². The van der Waals surface area contributed by atoms with E-state index in [0.717, 1.165) is 12.1 Å². The van der Waals surface area contributed by atoms with Crippen LogP contribution in [0.2, 0.25) is 0 Å². The number of benzene rings is 2. The predicted molar refractivity (Wildman–Crippen MR) is 121 cm³/mol. The Balaban J connectivity index is 1.28. The van der Waals surface area contributed by atoms with Gasteiger partial charge in [0.1, 0.15) is 24.6 Å². The van der Waals surface area contributed by atoms with Gasteiger partial charge < -0.3 is 30.4 Å². The van der Waals surface area contributed by atoms with Crippen molar-refractivity contribution in [2.75, 3.05) is 47.9 Å². The van der Waals surface area contributed by atoms with Crippen LogP contribution in [0, 0.1) is 11.6 Å². The molecule has 13 heteroatoms. The van der Waals surface area contributed by atoms with Gasteiger partial charge in [-0.05, 0) is 30.3 Å². The van der Waals surface area contributed by atoms with Gasteiger partial charge in [0.05, 0.1) is 30.2 Å². The summed E-state index contributed by atoms with van der Waals surface area (Å²) in [6.45, 7) is 0.114. The number of aliphatic hydroxyl groups is 1. The lowest BCUT2D eigenvalue weighted by Gasteiger charge is -2.17. The number of amides is 2. The number of halogens is 2. The third kappa shape index (κ3) is 5.53. The summed E-state index contributed by atoms with van der Waals surface area (Å²) >= 11 is 0. The number of aliphatic hydroxyl groups excluding tert-OH is 1. The number of anilines is 3. The smallest absolute Gasteiger partial charge is 0.416 e. The molecule has 0 radical (unpaired) electrons. The second-order valence-electron chi connectivity index (χ2n) is 8.01. The molecule has 11 nitrogen and oxygen atoms in total. The number of ether oxygens (including phenoxy) is 3. The van der Waals surface area contributed by atoms with E-state index in [-0.39, 0.29) is 49.9 Å². The Kier molecular flexibility index (Phi) is 7.19. The Hall–Kier alpha value is -3.68. The Morgan fingerprint density at radius 2 is 1.71 bits per heavy atom. The fourth-order valence-corrected chi connectivity index (χ4v) is 3.61. The summed E-state index contributed by atoms with van der Waals surface area (Å²) in [5, 5.41) is 12.9. The third-order valence-electron chi connectivity index (χ3n) is 5.42. The third-order valence-corrected chi connectivity index (χ3v) is 5.42. The highest BCUT2D eigenvalue weighted by Gasteiger charge is 2.32. The van der Waals surface area contributed by atoms with Crippen LogP contribution in [0.25, 0.3) is 0 Å². The number of rotatable bonds is 9. The Bertz CT molecular complexity index is 1110. The zero-order chi connectivity index (χ0) is 25.1. The summed E-state index contributed by atoms with van der Waals surface area (Å²) < 4.78 is 44.1. The number of nitrogens with two attached hydrogens (primary N) is 2. The maximum Gasteiger partial charge on any atom is 0.416 e. The largest absolute Gasteiger partial charge is 0.488 e. The average Bonchev–Trinajstić information content (AvgIpc) is 3.37. The normalized spacial score (nSPS) is 20.6. The molecule has 2 amide bonds. The van der Waals surface area contributed by atoms with Crippen molar-refractivity contribution in [2.24, 2.45) is 11.5 Å². The van der Waals surface area contributed by atoms with Crippen molar-refractivity contribution in [3.63, 3.8) is 0 Å². The van der Waals surface area contributed by atoms with Crippen LogP contribution in [0.4, 0.5) is 35.4 Å². The summed E-state index contributed by atoms with van der Waals surface area (Å²) in [4.78, 5) is 26.1. The minimum absolute atomic E-state index is 0.0906. The lowest BCUT2D eigenvalue weighted by molar-refractivity contribution is 0.115. The van der Waals surface area contributed by atoms with E-state index in [4.69, 9.17) is 25.7 Å². The number of nitrogens with zero attached hydrogens (tertiary/aromatic N) is 2. The van der Waals surface area contributed by atoms with Crippen molar-refractivity contribution in [2.45, 2.75) is 18.4 Å². The SMILES string of the molecule is NC[C@H]1CN(c2ccc(OC[C@H](O)CNc3ccc(N4C[C@@H](N)OC4=O)cc3F)c(F)c2)C(=O)O1. The molecular formula is C22H25F2N5O6. The van der Waals surface area contributed by atoms with Crippen LogP contribution < -0.4 is 31.3 Å². The standard InChI is InChI=1S/C22H25F2N5O6/c23-16-5-12(29-10-20(26)35-22(29)32)1-3-18(16)27-8-14(30)11-33-19-4-2-13(6-17(19)24)28-9-15(7-25)34-21(28)31/h1-6,14-15,20,27,30H,7-11,25-26H2/t14-,15+,20+/m1/s1. The molecule has 2 aliphatic heterocycles. The molecule has 188 valence electrons. The van der Waals surface area contributed by atoms with Gasteiger partial charge in [0, 0.05) is 19.2 Å². The van der Waals surface area contributed by atoms with E-state index in [1.807, 2.05) is 0 Å². The summed E-state index contributed by atoms with van der Waals surface area (Å²) in [7, 11) is 0. The number of hydrogen-bond acceptors (Lipinski definition) is 9. The van der Waals surface area contributed by atoms with Crippen molar-refractivity contribution in [3.8, 4) is 5.75 Å². The molecule has 35 heavy (non-hydrogen) atoms. The van der Waals surface area contributed by atoms with Crippen molar-refractivity contribution < 1.29 is 37.7 Å². The van der Waals surface area contributed by atoms with E-state index < -0.39 is 42.3 Å². The van der Waals surface area contributed by atoms with Gasteiger partial charge in [-0.15, -0.1) is 0 Å². The molecule has 2 saturated heterocycles. The van der Waals surface area contributed by atoms with Crippen molar-refractivity contribution in [1.82, 2.24) is 0 Å². The number of nitrogens with one attached hydrogen (secondary N) is 1. The van der Waals surface area contributed by atoms with Gasteiger partial charge in [0.2, 0.25) is 0 Å². The maximum absolute atomic E-state index is 14.5. The van der Waals surface area contributed by atoms with Crippen molar-refractivity contribution in [3.05, 3.63) is 48.0 Å². The molecule has 2 aromatic rings. The van der Waals surface area contributed by atoms with Crippen LogP contribution in [-0.4, -0.2) is 68.5 Å². The number of carbonyl (C=O) groups is 2. The summed E-state index contributed by atoms with van der Waals surface area (Å²) in [6.07, 6.45) is -3.61. The van der Waals surface area contributed by atoms with Gasteiger partial charge in [-0.25, -0.2) is 18.4 Å². The molecular weight excluding hydrogens is 468 g/mol. The number of cyclic esters (lactones) is 2. The fourth-order valence-electron chi connectivity index (χ4n) is 3.61. The first kappa shape index (κ1) is 24.4. The van der Waals surface area contributed by atoms with E-state index in [2.05, 4.69) is 5.32 Å². The highest BCUT2D eigenvalue weighted by Crippen LogP contribution is 2.28. The van der Waals surface area contributed by atoms with Crippen LogP contribution in [0.5, 0.6) is 5.75 Å². The Labute approximate surface area is 199 Å². The van der Waals surface area contributed by atoms with E-state index in [1.165, 1.54) is 34.1 Å². The zero-order valence-electron chi connectivity index (χ0n) is 18.5. The highest BCUT2D eigenvalue weighted by atomic mass is 19.1. The van der Waals surface area contributed by atoms with Gasteiger partial charge in [-0.1, -0.05) is 0 Å². The van der Waals surface area contributed by atoms with E-state index in [9.17, 15) is 23.5 Å². The van der Waals surface area contributed by atoms with E-state index in [1.54, 1.807) is 0 Å². The molecule has 0 unspecified atom stereocenters. The molecule has 2 fully saturated rings.